The summed E-state index contributed by atoms with van der Waals surface area (Å²) in [5.74, 6) is -0.134. The Morgan fingerprint density at radius 3 is 2.62 bits per heavy atom. The first kappa shape index (κ1) is 10.4. The molecule has 0 aliphatic rings. The molecule has 1 unspecified atom stereocenters. The van der Waals surface area contributed by atoms with Crippen LogP contribution in [-0.2, 0) is 0 Å². The third-order valence-electron chi connectivity index (χ3n) is 1.90. The minimum absolute atomic E-state index is 0.134. The monoisotopic (exact) mass is 213 g/mol. The second-order valence-corrected chi connectivity index (χ2v) is 3.60. The molecule has 0 saturated carbocycles. The molecule has 1 atom stereocenters. The third-order valence-corrected chi connectivity index (χ3v) is 2.46. The normalized spacial score (nSPS) is 12.2. The van der Waals surface area contributed by atoms with Crippen molar-refractivity contribution in [3.8, 4) is 6.07 Å². The van der Waals surface area contributed by atoms with Crippen molar-refractivity contribution in [2.24, 2.45) is 0 Å². The minimum Gasteiger partial charge on any atom is -0.198 e. The van der Waals surface area contributed by atoms with E-state index in [4.69, 9.17) is 28.5 Å². The van der Waals surface area contributed by atoms with E-state index in [1.165, 1.54) is 0 Å². The lowest BCUT2D eigenvalue weighted by atomic mass is 9.98. The highest BCUT2D eigenvalue weighted by atomic mass is 35.5. The molecule has 68 valence electrons. The summed E-state index contributed by atoms with van der Waals surface area (Å²) in [4.78, 5) is 0. The Kier molecular flexibility index (Phi) is 3.59. The standard InChI is InChI=1S/C10H9Cl2N/c1-2-7(6-13)9-4-3-8(11)5-10(9)12/h3-5,7H,2H2,1H3. The van der Waals surface area contributed by atoms with Gasteiger partial charge in [0.1, 0.15) is 0 Å². The number of rotatable bonds is 2. The van der Waals surface area contributed by atoms with E-state index in [2.05, 4.69) is 6.07 Å². The van der Waals surface area contributed by atoms with Crippen LogP contribution in [0, 0.1) is 11.3 Å². The van der Waals surface area contributed by atoms with Gasteiger partial charge in [-0.15, -0.1) is 0 Å². The number of halogens is 2. The highest BCUT2D eigenvalue weighted by Gasteiger charge is 2.11. The average Bonchev–Trinajstić information content (AvgIpc) is 2.10. The molecule has 0 saturated heterocycles. The zero-order chi connectivity index (χ0) is 9.84. The number of hydrogen-bond donors (Lipinski definition) is 0. The van der Waals surface area contributed by atoms with Crippen LogP contribution in [0.5, 0.6) is 0 Å². The first-order valence-corrected chi connectivity index (χ1v) is 4.79. The van der Waals surface area contributed by atoms with Gasteiger partial charge in [0.25, 0.3) is 0 Å². The van der Waals surface area contributed by atoms with Crippen molar-refractivity contribution in [3.05, 3.63) is 33.8 Å². The summed E-state index contributed by atoms with van der Waals surface area (Å²) in [7, 11) is 0. The van der Waals surface area contributed by atoms with Crippen LogP contribution in [0.4, 0.5) is 0 Å². The van der Waals surface area contributed by atoms with Crippen LogP contribution >= 0.6 is 23.2 Å². The van der Waals surface area contributed by atoms with Gasteiger partial charge in [-0.1, -0.05) is 36.2 Å². The van der Waals surface area contributed by atoms with Gasteiger partial charge in [-0.25, -0.2) is 0 Å². The molecule has 0 heterocycles. The van der Waals surface area contributed by atoms with Crippen molar-refractivity contribution in [1.29, 1.82) is 5.26 Å². The molecule has 3 heteroatoms. The fourth-order valence-corrected chi connectivity index (χ4v) is 1.71. The maximum Gasteiger partial charge on any atom is 0.0724 e. The summed E-state index contributed by atoms with van der Waals surface area (Å²) in [6, 6.07) is 7.43. The van der Waals surface area contributed by atoms with Gasteiger partial charge in [0.05, 0.1) is 12.0 Å². The van der Waals surface area contributed by atoms with Crippen molar-refractivity contribution in [1.82, 2.24) is 0 Å². The summed E-state index contributed by atoms with van der Waals surface area (Å²) in [5, 5.41) is 10.0. The van der Waals surface area contributed by atoms with E-state index in [9.17, 15) is 0 Å². The summed E-state index contributed by atoms with van der Waals surface area (Å²) in [6.07, 6.45) is 0.762. The highest BCUT2D eigenvalue weighted by Crippen LogP contribution is 2.28. The van der Waals surface area contributed by atoms with Gasteiger partial charge in [0.2, 0.25) is 0 Å². The lowest BCUT2D eigenvalue weighted by molar-refractivity contribution is 0.818. The smallest absolute Gasteiger partial charge is 0.0724 e. The molecule has 0 aromatic heterocycles. The van der Waals surface area contributed by atoms with E-state index in [-0.39, 0.29) is 5.92 Å². The van der Waals surface area contributed by atoms with Crippen LogP contribution in [0.1, 0.15) is 24.8 Å². The summed E-state index contributed by atoms with van der Waals surface area (Å²) >= 11 is 11.7. The predicted molar refractivity (Wildman–Crippen MR) is 55.1 cm³/mol. The SMILES string of the molecule is CCC(C#N)c1ccc(Cl)cc1Cl. The zero-order valence-electron chi connectivity index (χ0n) is 7.22. The fourth-order valence-electron chi connectivity index (χ4n) is 1.16. The Labute approximate surface area is 87.9 Å². The molecule has 0 bridgehead atoms. The molecule has 1 nitrogen and oxygen atoms in total. The summed E-state index contributed by atoms with van der Waals surface area (Å²) in [5.41, 5.74) is 0.857. The largest absolute Gasteiger partial charge is 0.198 e. The molecule has 0 spiro atoms. The van der Waals surface area contributed by atoms with Gasteiger partial charge in [0.15, 0.2) is 0 Å². The molecule has 0 fully saturated rings. The number of nitrogens with zero attached hydrogens (tertiary/aromatic N) is 1. The third kappa shape index (κ3) is 2.37. The van der Waals surface area contributed by atoms with Crippen LogP contribution in [0.2, 0.25) is 10.0 Å². The lowest BCUT2D eigenvalue weighted by Gasteiger charge is -2.08. The van der Waals surface area contributed by atoms with Gasteiger partial charge in [-0.3, -0.25) is 0 Å². The molecule has 0 radical (unpaired) electrons. The van der Waals surface area contributed by atoms with Gasteiger partial charge >= 0.3 is 0 Å². The van der Waals surface area contributed by atoms with E-state index in [0.717, 1.165) is 12.0 Å². The van der Waals surface area contributed by atoms with Crippen LogP contribution in [-0.4, -0.2) is 0 Å². The first-order chi connectivity index (χ1) is 6.19. The van der Waals surface area contributed by atoms with Crippen LogP contribution in [0.15, 0.2) is 18.2 Å². The van der Waals surface area contributed by atoms with E-state index in [0.29, 0.717) is 10.0 Å². The Morgan fingerprint density at radius 1 is 1.46 bits per heavy atom. The van der Waals surface area contributed by atoms with E-state index >= 15 is 0 Å². The second-order valence-electron chi connectivity index (χ2n) is 2.76. The number of nitriles is 1. The quantitative estimate of drug-likeness (QED) is 0.729. The van der Waals surface area contributed by atoms with Crippen molar-refractivity contribution in [3.63, 3.8) is 0 Å². The molecule has 1 aromatic rings. The molecular weight excluding hydrogens is 205 g/mol. The lowest BCUT2D eigenvalue weighted by Crippen LogP contribution is -1.94. The molecule has 0 amide bonds. The minimum atomic E-state index is -0.134. The van der Waals surface area contributed by atoms with Crippen molar-refractivity contribution >= 4 is 23.2 Å². The zero-order valence-corrected chi connectivity index (χ0v) is 8.73. The number of hydrogen-bond acceptors (Lipinski definition) is 1. The van der Waals surface area contributed by atoms with Crippen molar-refractivity contribution in [2.75, 3.05) is 0 Å². The Bertz CT molecular complexity index is 341. The summed E-state index contributed by atoms with van der Waals surface area (Å²) < 4.78 is 0. The first-order valence-electron chi connectivity index (χ1n) is 4.03. The maximum atomic E-state index is 8.83. The van der Waals surface area contributed by atoms with E-state index < -0.39 is 0 Å². The molecule has 13 heavy (non-hydrogen) atoms. The Balaban J connectivity index is 3.09. The van der Waals surface area contributed by atoms with Gasteiger partial charge in [-0.2, -0.15) is 5.26 Å². The van der Waals surface area contributed by atoms with Crippen LogP contribution < -0.4 is 0 Å². The molecule has 0 N–H and O–H groups in total. The Hall–Kier alpha value is -0.710. The summed E-state index contributed by atoms with van der Waals surface area (Å²) in [6.45, 7) is 1.96. The topological polar surface area (TPSA) is 23.8 Å². The molecule has 1 aromatic carbocycles. The maximum absolute atomic E-state index is 8.83. The van der Waals surface area contributed by atoms with E-state index in [1.54, 1.807) is 12.1 Å². The van der Waals surface area contributed by atoms with E-state index in [1.807, 2.05) is 13.0 Å². The molecule has 0 aliphatic carbocycles. The van der Waals surface area contributed by atoms with Gasteiger partial charge in [0, 0.05) is 10.0 Å². The van der Waals surface area contributed by atoms with Crippen LogP contribution in [0.25, 0.3) is 0 Å². The molecule has 1 rings (SSSR count). The second kappa shape index (κ2) is 4.50. The predicted octanol–water partition coefficient (Wildman–Crippen LogP) is 4.01. The number of benzene rings is 1. The molecule has 0 aliphatic heterocycles. The van der Waals surface area contributed by atoms with Crippen molar-refractivity contribution in [2.45, 2.75) is 19.3 Å². The van der Waals surface area contributed by atoms with Crippen LogP contribution in [0.3, 0.4) is 0 Å². The Morgan fingerprint density at radius 2 is 2.15 bits per heavy atom. The molecular formula is C10H9Cl2N. The van der Waals surface area contributed by atoms with Gasteiger partial charge < -0.3 is 0 Å². The van der Waals surface area contributed by atoms with Crippen molar-refractivity contribution < 1.29 is 0 Å². The fraction of sp³-hybridized carbons (Fsp3) is 0.300. The van der Waals surface area contributed by atoms with Gasteiger partial charge in [-0.05, 0) is 24.1 Å². The average molecular weight is 214 g/mol. The highest BCUT2D eigenvalue weighted by molar-refractivity contribution is 6.35.